The van der Waals surface area contributed by atoms with E-state index in [9.17, 15) is 22.4 Å². The quantitative estimate of drug-likeness (QED) is 0.819. The number of hydrogen-bond acceptors (Lipinski definition) is 2. The molecule has 0 saturated carbocycles. The summed E-state index contributed by atoms with van der Waals surface area (Å²) in [4.78, 5) is 11.2. The van der Waals surface area contributed by atoms with Crippen LogP contribution in [0, 0.1) is 11.7 Å². The number of nitrogens with one attached hydrogen (secondary N) is 1. The third-order valence-corrected chi connectivity index (χ3v) is 2.78. The number of carbonyl (C=O) groups excluding carboxylic acids is 1. The Labute approximate surface area is 114 Å². The molecule has 0 aliphatic heterocycles. The van der Waals surface area contributed by atoms with E-state index in [4.69, 9.17) is 5.73 Å². The average Bonchev–Trinajstić information content (AvgIpc) is 2.26. The highest BCUT2D eigenvalue weighted by atomic mass is 19.4. The Bertz CT molecular complexity index is 486. The molecule has 0 aromatic heterocycles. The van der Waals surface area contributed by atoms with Gasteiger partial charge in [0.15, 0.2) is 0 Å². The van der Waals surface area contributed by atoms with Crippen LogP contribution in [0.1, 0.15) is 25.0 Å². The Balaban J connectivity index is 2.88. The Hall–Kier alpha value is -1.63. The van der Waals surface area contributed by atoms with Gasteiger partial charge in [-0.25, -0.2) is 4.39 Å². The summed E-state index contributed by atoms with van der Waals surface area (Å²) in [5, 5.41) is 2.73. The Morgan fingerprint density at radius 2 is 1.90 bits per heavy atom. The van der Waals surface area contributed by atoms with E-state index in [1.807, 2.05) is 0 Å². The first-order valence-electron chi connectivity index (χ1n) is 6.00. The van der Waals surface area contributed by atoms with Crippen LogP contribution >= 0.6 is 0 Å². The van der Waals surface area contributed by atoms with Gasteiger partial charge in [0.25, 0.3) is 0 Å². The van der Waals surface area contributed by atoms with Crippen LogP contribution in [0.2, 0.25) is 0 Å². The molecule has 3 N–H and O–H groups in total. The van der Waals surface area contributed by atoms with Crippen molar-refractivity contribution in [2.45, 2.75) is 32.6 Å². The SMILES string of the molecule is CC(C)C(NCc1cc(F)cc(C(F)(F)F)c1)C(N)=O. The van der Waals surface area contributed by atoms with Crippen molar-refractivity contribution in [1.29, 1.82) is 0 Å². The summed E-state index contributed by atoms with van der Waals surface area (Å²) in [5.74, 6) is -1.70. The molecule has 0 fully saturated rings. The van der Waals surface area contributed by atoms with Gasteiger partial charge in [-0.15, -0.1) is 0 Å². The molecule has 0 aliphatic rings. The predicted molar refractivity (Wildman–Crippen MR) is 66.1 cm³/mol. The van der Waals surface area contributed by atoms with Crippen molar-refractivity contribution in [3.05, 3.63) is 35.1 Å². The molecule has 0 heterocycles. The number of benzene rings is 1. The molecule has 1 aromatic carbocycles. The van der Waals surface area contributed by atoms with Gasteiger partial charge in [0, 0.05) is 6.54 Å². The van der Waals surface area contributed by atoms with Gasteiger partial charge in [-0.05, 0) is 29.7 Å². The molecule has 1 amide bonds. The first kappa shape index (κ1) is 16.4. The Morgan fingerprint density at radius 3 is 2.35 bits per heavy atom. The van der Waals surface area contributed by atoms with E-state index in [0.717, 1.165) is 12.1 Å². The van der Waals surface area contributed by atoms with Crippen LogP contribution in [0.3, 0.4) is 0 Å². The number of amides is 1. The number of primary amides is 1. The summed E-state index contributed by atoms with van der Waals surface area (Å²) >= 11 is 0. The monoisotopic (exact) mass is 292 g/mol. The topological polar surface area (TPSA) is 55.1 Å². The number of nitrogens with two attached hydrogens (primary N) is 1. The minimum absolute atomic E-state index is 0.0768. The lowest BCUT2D eigenvalue weighted by Gasteiger charge is -2.19. The zero-order chi connectivity index (χ0) is 15.5. The molecule has 1 atom stereocenters. The maximum absolute atomic E-state index is 13.2. The van der Waals surface area contributed by atoms with Gasteiger partial charge in [-0.3, -0.25) is 4.79 Å². The Morgan fingerprint density at radius 1 is 1.30 bits per heavy atom. The first-order valence-corrected chi connectivity index (χ1v) is 6.00. The second-order valence-electron chi connectivity index (χ2n) is 4.85. The second-order valence-corrected chi connectivity index (χ2v) is 4.85. The molecule has 1 aromatic rings. The van der Waals surface area contributed by atoms with Crippen molar-refractivity contribution < 1.29 is 22.4 Å². The van der Waals surface area contributed by atoms with E-state index in [1.54, 1.807) is 13.8 Å². The van der Waals surface area contributed by atoms with Crippen LogP contribution in [-0.4, -0.2) is 11.9 Å². The molecular weight excluding hydrogens is 276 g/mol. The number of halogens is 4. The van der Waals surface area contributed by atoms with E-state index in [0.29, 0.717) is 6.07 Å². The second kappa shape index (κ2) is 6.21. The van der Waals surface area contributed by atoms with E-state index >= 15 is 0 Å². The van der Waals surface area contributed by atoms with Gasteiger partial charge in [0.2, 0.25) is 5.91 Å². The lowest BCUT2D eigenvalue weighted by molar-refractivity contribution is -0.137. The van der Waals surface area contributed by atoms with Crippen LogP contribution in [0.25, 0.3) is 0 Å². The molecule has 112 valence electrons. The fourth-order valence-corrected chi connectivity index (χ4v) is 1.81. The van der Waals surface area contributed by atoms with Gasteiger partial charge < -0.3 is 11.1 Å². The predicted octanol–water partition coefficient (Wildman–Crippen LogP) is 2.44. The fourth-order valence-electron chi connectivity index (χ4n) is 1.81. The minimum atomic E-state index is -4.61. The highest BCUT2D eigenvalue weighted by Gasteiger charge is 2.31. The number of hydrogen-bond donors (Lipinski definition) is 2. The van der Waals surface area contributed by atoms with Gasteiger partial charge >= 0.3 is 6.18 Å². The molecule has 0 saturated heterocycles. The Kier molecular flexibility index (Phi) is 5.10. The van der Waals surface area contributed by atoms with Crippen LogP contribution < -0.4 is 11.1 Å². The van der Waals surface area contributed by atoms with E-state index < -0.39 is 29.5 Å². The molecule has 0 aliphatic carbocycles. The highest BCUT2D eigenvalue weighted by Crippen LogP contribution is 2.30. The molecule has 1 unspecified atom stereocenters. The molecule has 20 heavy (non-hydrogen) atoms. The minimum Gasteiger partial charge on any atom is -0.368 e. The summed E-state index contributed by atoms with van der Waals surface area (Å²) in [6, 6.07) is 1.57. The molecule has 0 bridgehead atoms. The standard InChI is InChI=1S/C13H16F4N2O/c1-7(2)11(12(18)20)19-6-8-3-9(13(15,16)17)5-10(14)4-8/h3-5,7,11,19H,6H2,1-2H3,(H2,18,20). The molecule has 0 radical (unpaired) electrons. The maximum Gasteiger partial charge on any atom is 0.416 e. The van der Waals surface area contributed by atoms with Crippen molar-refractivity contribution in [1.82, 2.24) is 5.32 Å². The van der Waals surface area contributed by atoms with E-state index in [2.05, 4.69) is 5.32 Å². The maximum atomic E-state index is 13.2. The number of rotatable bonds is 5. The van der Waals surface area contributed by atoms with E-state index in [1.165, 1.54) is 0 Å². The summed E-state index contributed by atoms with van der Waals surface area (Å²) in [7, 11) is 0. The van der Waals surface area contributed by atoms with Crippen molar-refractivity contribution in [2.24, 2.45) is 11.7 Å². The average molecular weight is 292 g/mol. The third-order valence-electron chi connectivity index (χ3n) is 2.78. The van der Waals surface area contributed by atoms with Gasteiger partial charge in [-0.2, -0.15) is 13.2 Å². The van der Waals surface area contributed by atoms with Crippen LogP contribution in [0.4, 0.5) is 17.6 Å². The lowest BCUT2D eigenvalue weighted by atomic mass is 10.0. The fraction of sp³-hybridized carbons (Fsp3) is 0.462. The van der Waals surface area contributed by atoms with Crippen molar-refractivity contribution in [3.8, 4) is 0 Å². The third kappa shape index (κ3) is 4.48. The first-order chi connectivity index (χ1) is 9.11. The van der Waals surface area contributed by atoms with Crippen LogP contribution in [-0.2, 0) is 17.5 Å². The van der Waals surface area contributed by atoms with Crippen LogP contribution in [0.5, 0.6) is 0 Å². The van der Waals surface area contributed by atoms with Gasteiger partial charge in [-0.1, -0.05) is 13.8 Å². The zero-order valence-electron chi connectivity index (χ0n) is 11.1. The summed E-state index contributed by atoms with van der Waals surface area (Å²) in [5.41, 5.74) is 4.22. The van der Waals surface area contributed by atoms with Crippen LogP contribution in [0.15, 0.2) is 18.2 Å². The van der Waals surface area contributed by atoms with E-state index in [-0.39, 0.29) is 18.0 Å². The number of carbonyl (C=O) groups is 1. The van der Waals surface area contributed by atoms with Crippen molar-refractivity contribution >= 4 is 5.91 Å². The highest BCUT2D eigenvalue weighted by molar-refractivity contribution is 5.80. The summed E-state index contributed by atoms with van der Waals surface area (Å²) in [6.45, 7) is 3.41. The molecule has 1 rings (SSSR count). The molecular formula is C13H16F4N2O. The molecule has 0 spiro atoms. The molecule has 3 nitrogen and oxygen atoms in total. The zero-order valence-corrected chi connectivity index (χ0v) is 11.1. The summed E-state index contributed by atoms with van der Waals surface area (Å²) < 4.78 is 50.8. The smallest absolute Gasteiger partial charge is 0.368 e. The van der Waals surface area contributed by atoms with Crippen molar-refractivity contribution in [2.75, 3.05) is 0 Å². The number of alkyl halides is 3. The molecule has 7 heteroatoms. The van der Waals surface area contributed by atoms with Gasteiger partial charge in [0.1, 0.15) is 5.82 Å². The lowest BCUT2D eigenvalue weighted by Crippen LogP contribution is -2.44. The van der Waals surface area contributed by atoms with Crippen molar-refractivity contribution in [3.63, 3.8) is 0 Å². The van der Waals surface area contributed by atoms with Gasteiger partial charge in [0.05, 0.1) is 11.6 Å². The largest absolute Gasteiger partial charge is 0.416 e. The normalized spacial score (nSPS) is 13.6. The summed E-state index contributed by atoms with van der Waals surface area (Å²) in [6.07, 6.45) is -4.61.